The molecular formula is C14H18N4O2. The summed E-state index contributed by atoms with van der Waals surface area (Å²) < 4.78 is 6.91. The Morgan fingerprint density at radius 2 is 2.25 bits per heavy atom. The number of hydrogen-bond acceptors (Lipinski definition) is 4. The lowest BCUT2D eigenvalue weighted by atomic mass is 10.2. The van der Waals surface area contributed by atoms with Crippen LogP contribution in [0.2, 0.25) is 0 Å². The molecule has 1 aromatic heterocycles. The molecular weight excluding hydrogens is 256 g/mol. The van der Waals surface area contributed by atoms with Crippen LogP contribution in [-0.2, 0) is 7.05 Å². The molecule has 0 unspecified atom stereocenters. The standard InChI is InChI=1S/C14H18N4O2/c1-4-20-10-5-6-12(9(2)7-10)16-14(19)13-11(15)8-18(3)17-13/h5-8H,4,15H2,1-3H3,(H,16,19). The van der Waals surface area contributed by atoms with Crippen molar-refractivity contribution in [2.24, 2.45) is 7.05 Å². The largest absolute Gasteiger partial charge is 0.494 e. The molecule has 3 N–H and O–H groups in total. The van der Waals surface area contributed by atoms with E-state index < -0.39 is 0 Å². The lowest BCUT2D eigenvalue weighted by Crippen LogP contribution is -2.15. The number of aromatic nitrogens is 2. The molecule has 0 bridgehead atoms. The number of nitrogens with one attached hydrogen (secondary N) is 1. The SMILES string of the molecule is CCOc1ccc(NC(=O)c2nn(C)cc2N)c(C)c1. The summed E-state index contributed by atoms with van der Waals surface area (Å²) in [5.41, 5.74) is 7.94. The van der Waals surface area contributed by atoms with Crippen LogP contribution in [0.3, 0.4) is 0 Å². The van der Waals surface area contributed by atoms with Gasteiger partial charge in [-0.25, -0.2) is 0 Å². The number of carbonyl (C=O) groups is 1. The van der Waals surface area contributed by atoms with E-state index in [-0.39, 0.29) is 11.6 Å². The maximum absolute atomic E-state index is 12.1. The molecule has 0 radical (unpaired) electrons. The Labute approximate surface area is 117 Å². The Hall–Kier alpha value is -2.50. The molecule has 1 aromatic carbocycles. The second-order valence-corrected chi connectivity index (χ2v) is 4.47. The molecule has 0 aliphatic rings. The van der Waals surface area contributed by atoms with Crippen LogP contribution in [0.1, 0.15) is 23.0 Å². The van der Waals surface area contributed by atoms with Crippen LogP contribution in [0.25, 0.3) is 0 Å². The summed E-state index contributed by atoms with van der Waals surface area (Å²) >= 11 is 0. The number of nitrogens with two attached hydrogens (primary N) is 1. The zero-order valence-electron chi connectivity index (χ0n) is 11.8. The molecule has 0 saturated heterocycles. The first kappa shape index (κ1) is 13.9. The molecule has 0 saturated carbocycles. The van der Waals surface area contributed by atoms with Gasteiger partial charge in [0.05, 0.1) is 12.3 Å². The van der Waals surface area contributed by atoms with Crippen LogP contribution >= 0.6 is 0 Å². The third kappa shape index (κ3) is 2.90. The average Bonchev–Trinajstić information content (AvgIpc) is 2.72. The molecule has 6 nitrogen and oxygen atoms in total. The number of carbonyl (C=O) groups excluding carboxylic acids is 1. The van der Waals surface area contributed by atoms with Gasteiger partial charge >= 0.3 is 0 Å². The molecule has 2 aromatic rings. The zero-order valence-corrected chi connectivity index (χ0v) is 11.8. The molecule has 20 heavy (non-hydrogen) atoms. The van der Waals surface area contributed by atoms with Crippen LogP contribution in [-0.4, -0.2) is 22.3 Å². The highest BCUT2D eigenvalue weighted by Crippen LogP contribution is 2.22. The van der Waals surface area contributed by atoms with Gasteiger partial charge in [0.15, 0.2) is 5.69 Å². The van der Waals surface area contributed by atoms with Crippen LogP contribution in [0, 0.1) is 6.92 Å². The summed E-state index contributed by atoms with van der Waals surface area (Å²) in [4.78, 5) is 12.1. The molecule has 6 heteroatoms. The second kappa shape index (κ2) is 5.64. The lowest BCUT2D eigenvalue weighted by Gasteiger charge is -2.10. The van der Waals surface area contributed by atoms with E-state index >= 15 is 0 Å². The number of nitrogen functional groups attached to an aromatic ring is 1. The highest BCUT2D eigenvalue weighted by Gasteiger charge is 2.15. The van der Waals surface area contributed by atoms with E-state index in [0.717, 1.165) is 11.3 Å². The van der Waals surface area contributed by atoms with Gasteiger partial charge in [-0.05, 0) is 37.6 Å². The minimum absolute atomic E-state index is 0.223. The second-order valence-electron chi connectivity index (χ2n) is 4.47. The van der Waals surface area contributed by atoms with Crippen LogP contribution < -0.4 is 15.8 Å². The molecule has 1 heterocycles. The van der Waals surface area contributed by atoms with Crippen molar-refractivity contribution in [2.75, 3.05) is 17.7 Å². The lowest BCUT2D eigenvalue weighted by molar-refractivity contribution is 0.102. The van der Waals surface area contributed by atoms with Gasteiger partial charge in [0, 0.05) is 18.9 Å². The predicted octanol–water partition coefficient (Wildman–Crippen LogP) is 1.96. The van der Waals surface area contributed by atoms with Gasteiger partial charge in [-0.1, -0.05) is 0 Å². The summed E-state index contributed by atoms with van der Waals surface area (Å²) in [6.07, 6.45) is 1.60. The minimum atomic E-state index is -0.324. The van der Waals surface area contributed by atoms with E-state index in [9.17, 15) is 4.79 Å². The highest BCUT2D eigenvalue weighted by molar-refractivity contribution is 6.06. The van der Waals surface area contributed by atoms with E-state index in [0.29, 0.717) is 18.0 Å². The average molecular weight is 274 g/mol. The topological polar surface area (TPSA) is 82.2 Å². The Morgan fingerprint density at radius 3 is 2.80 bits per heavy atom. The Morgan fingerprint density at radius 1 is 1.50 bits per heavy atom. The van der Waals surface area contributed by atoms with Crippen LogP contribution in [0.15, 0.2) is 24.4 Å². The third-order valence-electron chi connectivity index (χ3n) is 2.83. The maximum Gasteiger partial charge on any atom is 0.278 e. The van der Waals surface area contributed by atoms with Crippen molar-refractivity contribution in [3.8, 4) is 5.75 Å². The van der Waals surface area contributed by atoms with Crippen molar-refractivity contribution in [2.45, 2.75) is 13.8 Å². The van der Waals surface area contributed by atoms with Gasteiger partial charge in [0.25, 0.3) is 5.91 Å². The Kier molecular flexibility index (Phi) is 3.93. The number of nitrogens with zero attached hydrogens (tertiary/aromatic N) is 2. The number of amides is 1. The van der Waals surface area contributed by atoms with Crippen molar-refractivity contribution >= 4 is 17.3 Å². The fourth-order valence-electron chi connectivity index (χ4n) is 1.90. The molecule has 2 rings (SSSR count). The summed E-state index contributed by atoms with van der Waals surface area (Å²) in [6, 6.07) is 5.49. The molecule has 0 aliphatic heterocycles. The number of anilines is 2. The Bertz CT molecular complexity index is 634. The predicted molar refractivity (Wildman–Crippen MR) is 77.9 cm³/mol. The first-order chi connectivity index (χ1) is 9.51. The first-order valence-electron chi connectivity index (χ1n) is 6.35. The molecule has 0 atom stereocenters. The van der Waals surface area contributed by atoms with Crippen molar-refractivity contribution in [1.82, 2.24) is 9.78 Å². The van der Waals surface area contributed by atoms with E-state index in [4.69, 9.17) is 10.5 Å². The molecule has 1 amide bonds. The van der Waals surface area contributed by atoms with Gasteiger partial charge in [-0.2, -0.15) is 5.10 Å². The Balaban J connectivity index is 2.17. The summed E-state index contributed by atoms with van der Waals surface area (Å²) in [7, 11) is 1.72. The third-order valence-corrected chi connectivity index (χ3v) is 2.83. The molecule has 106 valence electrons. The van der Waals surface area contributed by atoms with Crippen molar-refractivity contribution < 1.29 is 9.53 Å². The van der Waals surface area contributed by atoms with Gasteiger partial charge in [-0.3, -0.25) is 9.48 Å². The van der Waals surface area contributed by atoms with Gasteiger partial charge in [-0.15, -0.1) is 0 Å². The fourth-order valence-corrected chi connectivity index (χ4v) is 1.90. The van der Waals surface area contributed by atoms with Gasteiger partial charge in [0.1, 0.15) is 5.75 Å². The summed E-state index contributed by atoms with van der Waals surface area (Å²) in [6.45, 7) is 4.43. The maximum atomic E-state index is 12.1. The number of hydrogen-bond donors (Lipinski definition) is 2. The van der Waals surface area contributed by atoms with Crippen molar-refractivity contribution in [1.29, 1.82) is 0 Å². The highest BCUT2D eigenvalue weighted by atomic mass is 16.5. The summed E-state index contributed by atoms with van der Waals surface area (Å²) in [5, 5.41) is 6.84. The number of rotatable bonds is 4. The van der Waals surface area contributed by atoms with E-state index in [2.05, 4.69) is 10.4 Å². The molecule has 0 aliphatic carbocycles. The van der Waals surface area contributed by atoms with Gasteiger partial charge < -0.3 is 15.8 Å². The first-order valence-corrected chi connectivity index (χ1v) is 6.35. The molecule has 0 fully saturated rings. The van der Waals surface area contributed by atoms with Crippen LogP contribution in [0.4, 0.5) is 11.4 Å². The normalized spacial score (nSPS) is 10.3. The quantitative estimate of drug-likeness (QED) is 0.893. The number of aryl methyl sites for hydroxylation is 2. The van der Waals surface area contributed by atoms with E-state index in [1.807, 2.05) is 26.0 Å². The van der Waals surface area contributed by atoms with Crippen LogP contribution in [0.5, 0.6) is 5.75 Å². The monoisotopic (exact) mass is 274 g/mol. The van der Waals surface area contributed by atoms with Crippen molar-refractivity contribution in [3.63, 3.8) is 0 Å². The minimum Gasteiger partial charge on any atom is -0.494 e. The van der Waals surface area contributed by atoms with E-state index in [1.54, 1.807) is 19.3 Å². The van der Waals surface area contributed by atoms with Gasteiger partial charge in [0.2, 0.25) is 0 Å². The van der Waals surface area contributed by atoms with Crippen molar-refractivity contribution in [3.05, 3.63) is 35.7 Å². The summed E-state index contributed by atoms with van der Waals surface area (Å²) in [5.74, 6) is 0.454. The number of ether oxygens (including phenoxy) is 1. The zero-order chi connectivity index (χ0) is 14.7. The smallest absolute Gasteiger partial charge is 0.278 e. The fraction of sp³-hybridized carbons (Fsp3) is 0.286. The number of benzene rings is 1. The molecule has 0 spiro atoms. The van der Waals surface area contributed by atoms with E-state index in [1.165, 1.54) is 4.68 Å².